The summed E-state index contributed by atoms with van der Waals surface area (Å²) >= 11 is 5.73. The fourth-order valence-corrected chi connectivity index (χ4v) is 2.24. The van der Waals surface area contributed by atoms with Crippen molar-refractivity contribution in [1.29, 1.82) is 0 Å². The molecule has 1 saturated heterocycles. The lowest BCUT2D eigenvalue weighted by atomic mass is 10.0. The van der Waals surface area contributed by atoms with Gasteiger partial charge in [0.2, 0.25) is 0 Å². The number of rotatable bonds is 1. The minimum absolute atomic E-state index is 0.157. The van der Waals surface area contributed by atoms with E-state index in [0.717, 1.165) is 18.5 Å². The van der Waals surface area contributed by atoms with E-state index in [1.807, 2.05) is 0 Å². The molecule has 1 atom stereocenters. The number of halogens is 2. The van der Waals surface area contributed by atoms with Gasteiger partial charge in [-0.25, -0.2) is 4.39 Å². The van der Waals surface area contributed by atoms with Gasteiger partial charge in [0, 0.05) is 16.6 Å². The molecule has 1 aliphatic rings. The van der Waals surface area contributed by atoms with Gasteiger partial charge < -0.3 is 5.32 Å². The molecule has 0 aliphatic carbocycles. The van der Waals surface area contributed by atoms with Crippen LogP contribution in [0.1, 0.15) is 37.3 Å². The van der Waals surface area contributed by atoms with Crippen molar-refractivity contribution < 1.29 is 4.39 Å². The van der Waals surface area contributed by atoms with Crippen molar-refractivity contribution in [2.45, 2.75) is 31.7 Å². The molecule has 0 amide bonds. The fourth-order valence-electron chi connectivity index (χ4n) is 2.08. The van der Waals surface area contributed by atoms with Crippen LogP contribution in [0.2, 0.25) is 5.02 Å². The Morgan fingerprint density at radius 2 is 2.13 bits per heavy atom. The van der Waals surface area contributed by atoms with Gasteiger partial charge in [0.1, 0.15) is 5.82 Å². The van der Waals surface area contributed by atoms with Crippen molar-refractivity contribution in [1.82, 2.24) is 5.32 Å². The maximum atomic E-state index is 13.6. The molecule has 3 heteroatoms. The molecule has 0 bridgehead atoms. The summed E-state index contributed by atoms with van der Waals surface area (Å²) in [7, 11) is 0. The summed E-state index contributed by atoms with van der Waals surface area (Å²) in [5.74, 6) is -0.193. The second-order valence-corrected chi connectivity index (χ2v) is 4.46. The summed E-state index contributed by atoms with van der Waals surface area (Å²) in [5.41, 5.74) is 0.751. The van der Waals surface area contributed by atoms with Crippen molar-refractivity contribution >= 4 is 11.6 Å². The van der Waals surface area contributed by atoms with Crippen LogP contribution in [0.3, 0.4) is 0 Å². The third-order valence-electron chi connectivity index (χ3n) is 2.90. The molecule has 0 spiro atoms. The van der Waals surface area contributed by atoms with E-state index in [0.29, 0.717) is 5.02 Å². The highest BCUT2D eigenvalue weighted by Gasteiger charge is 2.16. The Kier molecular flexibility index (Phi) is 3.60. The zero-order chi connectivity index (χ0) is 10.7. The molecular formula is C12H15ClFN. The van der Waals surface area contributed by atoms with Gasteiger partial charge in [0.05, 0.1) is 0 Å². The second-order valence-electron chi connectivity index (χ2n) is 4.02. The Bertz CT molecular complexity index is 332. The summed E-state index contributed by atoms with van der Waals surface area (Å²) in [6.45, 7) is 0.979. The van der Waals surface area contributed by atoms with Gasteiger partial charge in [-0.3, -0.25) is 0 Å². The minimum Gasteiger partial charge on any atom is -0.310 e. The van der Waals surface area contributed by atoms with E-state index < -0.39 is 0 Å². The van der Waals surface area contributed by atoms with Crippen molar-refractivity contribution in [2.24, 2.45) is 0 Å². The molecule has 1 fully saturated rings. The van der Waals surface area contributed by atoms with Gasteiger partial charge in [-0.1, -0.05) is 30.5 Å². The summed E-state index contributed by atoms with van der Waals surface area (Å²) in [5, 5.41) is 3.84. The van der Waals surface area contributed by atoms with Crippen LogP contribution in [0.25, 0.3) is 0 Å². The van der Waals surface area contributed by atoms with Crippen LogP contribution in [-0.4, -0.2) is 6.54 Å². The van der Waals surface area contributed by atoms with Crippen molar-refractivity contribution in [2.75, 3.05) is 6.54 Å². The molecule has 1 aliphatic heterocycles. The maximum absolute atomic E-state index is 13.6. The molecule has 0 radical (unpaired) electrons. The highest BCUT2D eigenvalue weighted by molar-refractivity contribution is 6.30. The van der Waals surface area contributed by atoms with E-state index in [2.05, 4.69) is 5.32 Å². The molecule has 1 aromatic rings. The zero-order valence-corrected chi connectivity index (χ0v) is 9.36. The number of nitrogens with one attached hydrogen (secondary N) is 1. The first-order valence-electron chi connectivity index (χ1n) is 5.46. The summed E-state index contributed by atoms with van der Waals surface area (Å²) < 4.78 is 13.6. The largest absolute Gasteiger partial charge is 0.310 e. The van der Waals surface area contributed by atoms with Crippen LogP contribution < -0.4 is 5.32 Å². The number of hydrogen-bond acceptors (Lipinski definition) is 1. The Balaban J connectivity index is 2.19. The second kappa shape index (κ2) is 4.95. The van der Waals surface area contributed by atoms with Crippen LogP contribution in [-0.2, 0) is 0 Å². The maximum Gasteiger partial charge on any atom is 0.129 e. The predicted octanol–water partition coefficient (Wildman–Crippen LogP) is 3.68. The number of benzene rings is 1. The average molecular weight is 228 g/mol. The van der Waals surface area contributed by atoms with E-state index >= 15 is 0 Å². The van der Waals surface area contributed by atoms with Gasteiger partial charge in [-0.05, 0) is 31.5 Å². The Morgan fingerprint density at radius 1 is 1.27 bits per heavy atom. The topological polar surface area (TPSA) is 12.0 Å². The quantitative estimate of drug-likeness (QED) is 0.772. The molecule has 0 aromatic heterocycles. The first-order chi connectivity index (χ1) is 7.27. The molecule has 0 saturated carbocycles. The fraction of sp³-hybridized carbons (Fsp3) is 0.500. The molecule has 1 heterocycles. The third-order valence-corrected chi connectivity index (χ3v) is 3.13. The van der Waals surface area contributed by atoms with Crippen molar-refractivity contribution in [3.05, 3.63) is 34.6 Å². The van der Waals surface area contributed by atoms with E-state index in [4.69, 9.17) is 11.6 Å². The van der Waals surface area contributed by atoms with E-state index in [9.17, 15) is 4.39 Å². The van der Waals surface area contributed by atoms with Crippen LogP contribution in [0, 0.1) is 5.82 Å². The van der Waals surface area contributed by atoms with Gasteiger partial charge in [-0.2, -0.15) is 0 Å². The average Bonchev–Trinajstić information content (AvgIpc) is 2.46. The molecule has 1 aromatic carbocycles. The standard InChI is InChI=1S/C12H15ClFN/c13-9-5-6-10(11(14)8-9)12-4-2-1-3-7-15-12/h5-6,8,12,15H,1-4,7H2. The Labute approximate surface area is 94.6 Å². The van der Waals surface area contributed by atoms with E-state index in [1.54, 1.807) is 12.1 Å². The zero-order valence-electron chi connectivity index (χ0n) is 8.60. The summed E-state index contributed by atoms with van der Waals surface area (Å²) in [4.78, 5) is 0. The molecule has 82 valence electrons. The normalized spacial score (nSPS) is 22.4. The van der Waals surface area contributed by atoms with Crippen LogP contribution in [0.5, 0.6) is 0 Å². The van der Waals surface area contributed by atoms with Crippen LogP contribution in [0.4, 0.5) is 4.39 Å². The van der Waals surface area contributed by atoms with Gasteiger partial charge in [-0.15, -0.1) is 0 Å². The van der Waals surface area contributed by atoms with Gasteiger partial charge in [0.15, 0.2) is 0 Å². The summed E-state index contributed by atoms with van der Waals surface area (Å²) in [6, 6.07) is 5.10. The van der Waals surface area contributed by atoms with Crippen LogP contribution in [0.15, 0.2) is 18.2 Å². The molecule has 1 unspecified atom stereocenters. The Hall–Kier alpha value is -0.600. The van der Waals surface area contributed by atoms with Crippen LogP contribution >= 0.6 is 11.6 Å². The lowest BCUT2D eigenvalue weighted by Gasteiger charge is -2.16. The van der Waals surface area contributed by atoms with Gasteiger partial charge in [0.25, 0.3) is 0 Å². The van der Waals surface area contributed by atoms with E-state index in [-0.39, 0.29) is 11.9 Å². The summed E-state index contributed by atoms with van der Waals surface area (Å²) in [6.07, 6.45) is 4.60. The lowest BCUT2D eigenvalue weighted by molar-refractivity contribution is 0.499. The SMILES string of the molecule is Fc1cc(Cl)ccc1C1CCCCCN1. The first kappa shape index (κ1) is 10.9. The highest BCUT2D eigenvalue weighted by Crippen LogP contribution is 2.26. The molecule has 2 rings (SSSR count). The van der Waals surface area contributed by atoms with Gasteiger partial charge >= 0.3 is 0 Å². The smallest absolute Gasteiger partial charge is 0.129 e. The van der Waals surface area contributed by atoms with E-state index in [1.165, 1.54) is 25.3 Å². The molecule has 1 nitrogen and oxygen atoms in total. The molecule has 1 N–H and O–H groups in total. The highest BCUT2D eigenvalue weighted by atomic mass is 35.5. The third kappa shape index (κ3) is 2.70. The van der Waals surface area contributed by atoms with Crippen molar-refractivity contribution in [3.8, 4) is 0 Å². The first-order valence-corrected chi connectivity index (χ1v) is 5.83. The monoisotopic (exact) mass is 227 g/mol. The Morgan fingerprint density at radius 3 is 2.93 bits per heavy atom. The molecular weight excluding hydrogens is 213 g/mol. The lowest BCUT2D eigenvalue weighted by Crippen LogP contribution is -2.21. The minimum atomic E-state index is -0.193. The number of hydrogen-bond donors (Lipinski definition) is 1. The predicted molar refractivity (Wildman–Crippen MR) is 60.6 cm³/mol. The molecule has 15 heavy (non-hydrogen) atoms. The van der Waals surface area contributed by atoms with Crippen molar-refractivity contribution in [3.63, 3.8) is 0 Å².